The smallest absolute Gasteiger partial charge is 0.201 e. The Balaban J connectivity index is 2.00. The van der Waals surface area contributed by atoms with Crippen LogP contribution in [0.25, 0.3) is 10.4 Å². The van der Waals surface area contributed by atoms with Gasteiger partial charge in [0.1, 0.15) is 11.5 Å². The molecule has 2 aromatic carbocycles. The number of hydrogen-bond acceptors (Lipinski definition) is 5. The average Bonchev–Trinajstić information content (AvgIpc) is 3.06. The lowest BCUT2D eigenvalue weighted by molar-refractivity contribution is 0.0974. The first-order valence-electron chi connectivity index (χ1n) is 6.90. The maximum Gasteiger partial charge on any atom is 0.201 e. The Kier molecular flexibility index (Phi) is 2.86. The van der Waals surface area contributed by atoms with E-state index in [9.17, 15) is 19.8 Å². The molecule has 0 fully saturated rings. The number of thiophene rings is 1. The molecular formula is C18H10O4S. The fourth-order valence-electron chi connectivity index (χ4n) is 2.87. The van der Waals surface area contributed by atoms with Crippen LogP contribution in [0.2, 0.25) is 0 Å². The molecule has 2 N–H and O–H groups in total. The maximum absolute atomic E-state index is 12.7. The van der Waals surface area contributed by atoms with Crippen molar-refractivity contribution in [3.8, 4) is 21.9 Å². The summed E-state index contributed by atoms with van der Waals surface area (Å²) >= 11 is 1.48. The van der Waals surface area contributed by atoms with Crippen molar-refractivity contribution in [2.45, 2.75) is 0 Å². The van der Waals surface area contributed by atoms with Crippen molar-refractivity contribution in [2.24, 2.45) is 0 Å². The Morgan fingerprint density at radius 2 is 1.57 bits per heavy atom. The molecule has 0 aliphatic heterocycles. The van der Waals surface area contributed by atoms with Gasteiger partial charge in [0.25, 0.3) is 0 Å². The van der Waals surface area contributed by atoms with Gasteiger partial charge in [-0.1, -0.05) is 18.2 Å². The minimum absolute atomic E-state index is 0.0516. The first-order valence-corrected chi connectivity index (χ1v) is 7.78. The zero-order valence-electron chi connectivity index (χ0n) is 11.7. The van der Waals surface area contributed by atoms with Crippen LogP contribution in [0.5, 0.6) is 11.5 Å². The second-order valence-corrected chi connectivity index (χ2v) is 6.20. The van der Waals surface area contributed by atoms with Gasteiger partial charge in [0, 0.05) is 16.0 Å². The largest absolute Gasteiger partial charge is 0.507 e. The summed E-state index contributed by atoms with van der Waals surface area (Å²) in [5.41, 5.74) is 0.899. The molecule has 1 aromatic heterocycles. The number of hydrogen-bond donors (Lipinski definition) is 2. The quantitative estimate of drug-likeness (QED) is 0.561. The van der Waals surface area contributed by atoms with Gasteiger partial charge in [-0.3, -0.25) is 9.59 Å². The number of aromatic hydroxyl groups is 2. The van der Waals surface area contributed by atoms with E-state index in [1.165, 1.54) is 35.6 Å². The summed E-state index contributed by atoms with van der Waals surface area (Å²) in [6, 6.07) is 11.2. The van der Waals surface area contributed by atoms with E-state index >= 15 is 0 Å². The van der Waals surface area contributed by atoms with Gasteiger partial charge in [0.2, 0.25) is 5.78 Å². The number of ketones is 2. The molecule has 5 heteroatoms. The fraction of sp³-hybridized carbons (Fsp3) is 0. The second kappa shape index (κ2) is 4.79. The van der Waals surface area contributed by atoms with Gasteiger partial charge in [0.15, 0.2) is 5.78 Å². The molecule has 0 unspecified atom stereocenters. The van der Waals surface area contributed by atoms with Crippen LogP contribution in [-0.2, 0) is 0 Å². The van der Waals surface area contributed by atoms with Crippen LogP contribution in [0.15, 0.2) is 47.8 Å². The highest BCUT2D eigenvalue weighted by atomic mass is 32.1. The van der Waals surface area contributed by atoms with Crippen molar-refractivity contribution in [1.82, 2.24) is 0 Å². The van der Waals surface area contributed by atoms with Gasteiger partial charge in [-0.05, 0) is 35.2 Å². The van der Waals surface area contributed by atoms with E-state index in [4.69, 9.17) is 0 Å². The Bertz CT molecular complexity index is 971. The van der Waals surface area contributed by atoms with E-state index in [0.29, 0.717) is 5.56 Å². The molecule has 1 heterocycles. The fourth-order valence-corrected chi connectivity index (χ4v) is 3.58. The molecule has 0 bridgehead atoms. The third kappa shape index (κ3) is 1.90. The zero-order valence-corrected chi connectivity index (χ0v) is 12.6. The number of phenols is 2. The van der Waals surface area contributed by atoms with Gasteiger partial charge in [-0.2, -0.15) is 0 Å². The van der Waals surface area contributed by atoms with E-state index < -0.39 is 5.78 Å². The Hall–Kier alpha value is -2.92. The third-order valence-electron chi connectivity index (χ3n) is 3.91. The molecule has 0 spiro atoms. The number of carbonyl (C=O) groups is 2. The van der Waals surface area contributed by atoms with Crippen LogP contribution >= 0.6 is 11.3 Å². The van der Waals surface area contributed by atoms with Crippen LogP contribution in [0.3, 0.4) is 0 Å². The lowest BCUT2D eigenvalue weighted by atomic mass is 9.82. The summed E-state index contributed by atoms with van der Waals surface area (Å²) in [4.78, 5) is 26.2. The van der Waals surface area contributed by atoms with E-state index in [1.807, 2.05) is 17.5 Å². The molecule has 1 aliphatic rings. The lowest BCUT2D eigenvalue weighted by Crippen LogP contribution is -2.21. The van der Waals surface area contributed by atoms with Crippen molar-refractivity contribution in [2.75, 3.05) is 0 Å². The molecule has 23 heavy (non-hydrogen) atoms. The first kappa shape index (κ1) is 13.7. The first-order chi connectivity index (χ1) is 11.1. The summed E-state index contributed by atoms with van der Waals surface area (Å²) in [5.74, 6) is -1.42. The van der Waals surface area contributed by atoms with Crippen molar-refractivity contribution in [1.29, 1.82) is 0 Å². The number of fused-ring (bicyclic) bond motifs is 2. The van der Waals surface area contributed by atoms with Crippen molar-refractivity contribution < 1.29 is 19.8 Å². The SMILES string of the molecule is O=C1c2cccc(O)c2C(=O)c2c(O)cc(-c3cccs3)cc21. The number of rotatable bonds is 1. The molecule has 1 aliphatic carbocycles. The van der Waals surface area contributed by atoms with E-state index in [2.05, 4.69) is 0 Å². The topological polar surface area (TPSA) is 74.6 Å². The number of phenolic OH excluding ortho intramolecular Hbond substituents is 2. The Morgan fingerprint density at radius 3 is 2.30 bits per heavy atom. The summed E-state index contributed by atoms with van der Waals surface area (Å²) in [7, 11) is 0. The van der Waals surface area contributed by atoms with Gasteiger partial charge in [0.05, 0.1) is 11.1 Å². The van der Waals surface area contributed by atoms with Gasteiger partial charge < -0.3 is 10.2 Å². The highest BCUT2D eigenvalue weighted by Gasteiger charge is 2.34. The molecular weight excluding hydrogens is 312 g/mol. The minimum atomic E-state index is -0.539. The summed E-state index contributed by atoms with van der Waals surface area (Å²) in [6.45, 7) is 0. The monoisotopic (exact) mass is 322 g/mol. The normalized spacial score (nSPS) is 12.9. The van der Waals surface area contributed by atoms with Crippen LogP contribution in [0.1, 0.15) is 31.8 Å². The van der Waals surface area contributed by atoms with E-state index in [1.54, 1.807) is 6.07 Å². The highest BCUT2D eigenvalue weighted by Crippen LogP contribution is 2.39. The lowest BCUT2D eigenvalue weighted by Gasteiger charge is -2.19. The van der Waals surface area contributed by atoms with Crippen LogP contribution < -0.4 is 0 Å². The standard InChI is InChI=1S/C18H10O4S/c19-12-4-1-3-10-15(12)18(22)16-11(17(10)21)7-9(8-13(16)20)14-5-2-6-23-14/h1-8,19-20H. The van der Waals surface area contributed by atoms with Crippen molar-refractivity contribution in [3.63, 3.8) is 0 Å². The van der Waals surface area contributed by atoms with E-state index in [0.717, 1.165) is 4.88 Å². The third-order valence-corrected chi connectivity index (χ3v) is 4.83. The predicted octanol–water partition coefficient (Wildman–Crippen LogP) is 3.60. The molecule has 4 rings (SSSR count). The summed E-state index contributed by atoms with van der Waals surface area (Å²) in [6.07, 6.45) is 0. The summed E-state index contributed by atoms with van der Waals surface area (Å²) < 4.78 is 0. The van der Waals surface area contributed by atoms with Crippen LogP contribution in [-0.4, -0.2) is 21.8 Å². The molecule has 0 saturated carbocycles. The zero-order chi connectivity index (χ0) is 16.1. The van der Waals surface area contributed by atoms with E-state index in [-0.39, 0.29) is 39.5 Å². The Morgan fingerprint density at radius 1 is 0.783 bits per heavy atom. The molecule has 4 nitrogen and oxygen atoms in total. The maximum atomic E-state index is 12.7. The second-order valence-electron chi connectivity index (χ2n) is 5.25. The predicted molar refractivity (Wildman–Crippen MR) is 86.4 cm³/mol. The number of benzene rings is 2. The van der Waals surface area contributed by atoms with Gasteiger partial charge >= 0.3 is 0 Å². The highest BCUT2D eigenvalue weighted by molar-refractivity contribution is 7.13. The molecule has 0 amide bonds. The molecule has 3 aromatic rings. The molecule has 0 atom stereocenters. The number of carbonyl (C=O) groups excluding carboxylic acids is 2. The average molecular weight is 322 g/mol. The molecule has 0 saturated heterocycles. The van der Waals surface area contributed by atoms with Crippen LogP contribution in [0.4, 0.5) is 0 Å². The van der Waals surface area contributed by atoms with Crippen LogP contribution in [0, 0.1) is 0 Å². The molecule has 0 radical (unpaired) electrons. The Labute approximate surface area is 135 Å². The molecule has 112 valence electrons. The van der Waals surface area contributed by atoms with Gasteiger partial charge in [-0.15, -0.1) is 11.3 Å². The van der Waals surface area contributed by atoms with Crippen molar-refractivity contribution >= 4 is 22.9 Å². The minimum Gasteiger partial charge on any atom is -0.507 e. The van der Waals surface area contributed by atoms with Gasteiger partial charge in [-0.25, -0.2) is 0 Å². The summed E-state index contributed by atoms with van der Waals surface area (Å²) in [5, 5.41) is 22.1. The van der Waals surface area contributed by atoms with Crippen molar-refractivity contribution in [3.05, 3.63) is 70.1 Å².